The molecule has 0 aliphatic heterocycles. The van der Waals surface area contributed by atoms with Gasteiger partial charge < -0.3 is 15.8 Å². The topological polar surface area (TPSA) is 98.2 Å². The van der Waals surface area contributed by atoms with E-state index in [2.05, 4.69) is 36.5 Å². The number of anilines is 1. The number of likely N-dealkylation sites (N-methyl/N-ethyl adjacent to an activating group) is 1. The summed E-state index contributed by atoms with van der Waals surface area (Å²) in [4.78, 5) is 23.3. The van der Waals surface area contributed by atoms with Gasteiger partial charge in [-0.1, -0.05) is 24.1 Å². The molecule has 4 aromatic heterocycles. The molecule has 7 heteroatoms. The Labute approximate surface area is 204 Å². The van der Waals surface area contributed by atoms with Crippen molar-refractivity contribution in [2.24, 2.45) is 0 Å². The maximum atomic E-state index is 9.67. The van der Waals surface area contributed by atoms with Gasteiger partial charge in [0, 0.05) is 28.9 Å². The van der Waals surface area contributed by atoms with Gasteiger partial charge in [-0.25, -0.2) is 9.97 Å². The van der Waals surface area contributed by atoms with Crippen LogP contribution < -0.4 is 11.1 Å². The van der Waals surface area contributed by atoms with Crippen molar-refractivity contribution in [1.29, 1.82) is 0 Å². The van der Waals surface area contributed by atoms with Crippen molar-refractivity contribution in [1.82, 2.24) is 24.7 Å². The average Bonchev–Trinajstić information content (AvgIpc) is 3.23. The lowest BCUT2D eigenvalue weighted by atomic mass is 10.1. The van der Waals surface area contributed by atoms with Crippen LogP contribution in [0, 0.1) is 18.8 Å². The summed E-state index contributed by atoms with van der Waals surface area (Å²) < 4.78 is 2.05. The molecule has 0 saturated carbocycles. The largest absolute Gasteiger partial charge is 0.384 e. The van der Waals surface area contributed by atoms with Crippen molar-refractivity contribution in [3.63, 3.8) is 0 Å². The molecule has 0 amide bonds. The lowest BCUT2D eigenvalue weighted by molar-refractivity contribution is -0.109. The minimum atomic E-state index is 0.00463. The van der Waals surface area contributed by atoms with E-state index in [1.54, 1.807) is 26.2 Å². The van der Waals surface area contributed by atoms with Crippen LogP contribution in [0.5, 0.6) is 0 Å². The lowest BCUT2D eigenvalue weighted by Gasteiger charge is -2.07. The number of hydrogen-bond acceptors (Lipinski definition) is 6. The van der Waals surface area contributed by atoms with Gasteiger partial charge in [-0.05, 0) is 69.3 Å². The predicted molar refractivity (Wildman–Crippen MR) is 140 cm³/mol. The minimum Gasteiger partial charge on any atom is -0.384 e. The zero-order valence-electron chi connectivity index (χ0n) is 19.9. The maximum absolute atomic E-state index is 9.67. The molecule has 0 radical (unpaired) electrons. The molecule has 0 spiro atoms. The van der Waals surface area contributed by atoms with Crippen LogP contribution in [0.1, 0.15) is 23.9 Å². The fourth-order valence-electron chi connectivity index (χ4n) is 3.61. The summed E-state index contributed by atoms with van der Waals surface area (Å²) in [7, 11) is 1.75. The first-order valence-electron chi connectivity index (χ1n) is 11.2. The van der Waals surface area contributed by atoms with Gasteiger partial charge >= 0.3 is 0 Å². The minimum absolute atomic E-state index is 0.00463. The molecule has 7 nitrogen and oxygen atoms in total. The molecular formula is C28H26N6O. The summed E-state index contributed by atoms with van der Waals surface area (Å²) >= 11 is 0. The number of nitrogens with zero attached hydrogens (tertiary/aromatic N) is 4. The Hall–Kier alpha value is -4.54. The average molecular weight is 463 g/mol. The number of benzene rings is 1. The van der Waals surface area contributed by atoms with Gasteiger partial charge in [-0.3, -0.25) is 9.38 Å². The van der Waals surface area contributed by atoms with Crippen molar-refractivity contribution in [2.75, 3.05) is 12.8 Å². The fourth-order valence-corrected chi connectivity index (χ4v) is 3.61. The first-order valence-corrected chi connectivity index (χ1v) is 11.2. The number of pyridine rings is 3. The number of aromatic nitrogens is 4. The number of nitrogens with one attached hydrogen (secondary N) is 1. The normalized spacial score (nSPS) is 11.3. The van der Waals surface area contributed by atoms with Crippen molar-refractivity contribution in [3.05, 3.63) is 90.0 Å². The molecule has 0 aliphatic carbocycles. The molecule has 4 heterocycles. The summed E-state index contributed by atoms with van der Waals surface area (Å²) in [6, 6.07) is 19.6. The summed E-state index contributed by atoms with van der Waals surface area (Å²) in [6.07, 6.45) is 4.64. The highest BCUT2D eigenvalue weighted by Gasteiger charge is 2.14. The van der Waals surface area contributed by atoms with E-state index >= 15 is 0 Å². The van der Waals surface area contributed by atoms with Gasteiger partial charge in [0.2, 0.25) is 0 Å². The Morgan fingerprint density at radius 1 is 1.03 bits per heavy atom. The molecule has 0 fully saturated rings. The molecule has 3 N–H and O–H groups in total. The number of fused-ring (bicyclic) bond motifs is 2. The molecule has 1 aromatic carbocycles. The Morgan fingerprint density at radius 3 is 2.66 bits per heavy atom. The molecular weight excluding hydrogens is 436 g/mol. The molecule has 0 bridgehead atoms. The maximum Gasteiger partial charge on any atom is 0.137 e. The van der Waals surface area contributed by atoms with Crippen LogP contribution in [0.15, 0.2) is 73.1 Å². The number of carbonyl (C=O) groups is 1. The van der Waals surface area contributed by atoms with E-state index in [0.717, 1.165) is 45.4 Å². The monoisotopic (exact) mass is 462 g/mol. The third kappa shape index (κ3) is 5.18. The van der Waals surface area contributed by atoms with Crippen molar-refractivity contribution < 1.29 is 4.79 Å². The Balaban J connectivity index is 0.000000431. The highest BCUT2D eigenvalue weighted by Crippen LogP contribution is 2.27. The van der Waals surface area contributed by atoms with Crippen LogP contribution in [0.4, 0.5) is 5.82 Å². The van der Waals surface area contributed by atoms with Crippen LogP contribution in [-0.4, -0.2) is 38.7 Å². The van der Waals surface area contributed by atoms with Crippen molar-refractivity contribution in [2.45, 2.75) is 19.9 Å². The number of hydrogen-bond donors (Lipinski definition) is 2. The van der Waals surface area contributed by atoms with Gasteiger partial charge in [0.05, 0.1) is 22.9 Å². The molecule has 35 heavy (non-hydrogen) atoms. The summed E-state index contributed by atoms with van der Waals surface area (Å²) in [5.41, 5.74) is 12.1. The number of carbonyl (C=O) groups excluding carboxylic acids is 1. The molecule has 1 unspecified atom stereocenters. The van der Waals surface area contributed by atoms with E-state index in [4.69, 9.17) is 5.73 Å². The van der Waals surface area contributed by atoms with Crippen LogP contribution in [0.25, 0.3) is 27.8 Å². The summed E-state index contributed by atoms with van der Waals surface area (Å²) in [5.74, 6) is 6.93. The Bertz CT molecular complexity index is 1560. The van der Waals surface area contributed by atoms with Crippen LogP contribution in [-0.2, 0) is 4.79 Å². The van der Waals surface area contributed by atoms with E-state index in [1.165, 1.54) is 0 Å². The molecule has 5 aromatic rings. The zero-order chi connectivity index (χ0) is 24.8. The lowest BCUT2D eigenvalue weighted by Crippen LogP contribution is -2.21. The number of nitrogens with two attached hydrogens (primary N) is 1. The Kier molecular flexibility index (Phi) is 7.15. The predicted octanol–water partition coefficient (Wildman–Crippen LogP) is 4.03. The third-order valence-electron chi connectivity index (χ3n) is 5.50. The van der Waals surface area contributed by atoms with E-state index < -0.39 is 0 Å². The van der Waals surface area contributed by atoms with E-state index in [1.807, 2.05) is 67.7 Å². The van der Waals surface area contributed by atoms with Crippen molar-refractivity contribution >= 4 is 28.7 Å². The summed E-state index contributed by atoms with van der Waals surface area (Å²) in [5, 5.41) is 3.76. The van der Waals surface area contributed by atoms with Gasteiger partial charge in [0.1, 0.15) is 23.4 Å². The van der Waals surface area contributed by atoms with E-state index in [9.17, 15) is 4.79 Å². The second-order valence-corrected chi connectivity index (χ2v) is 7.95. The summed E-state index contributed by atoms with van der Waals surface area (Å²) in [6.45, 7) is 3.79. The number of aldehydes is 1. The van der Waals surface area contributed by atoms with Gasteiger partial charge in [0.25, 0.3) is 0 Å². The first kappa shape index (κ1) is 23.6. The van der Waals surface area contributed by atoms with E-state index in [0.29, 0.717) is 11.5 Å². The van der Waals surface area contributed by atoms with Gasteiger partial charge in [-0.15, -0.1) is 0 Å². The van der Waals surface area contributed by atoms with Crippen LogP contribution in [0.3, 0.4) is 0 Å². The standard InChI is InChI=1S/C24H17N5.C4H9NO/c1-16-24(29-15-3-2-9-23(29)27-16)19-11-13-22(25)28-21(19)12-10-17-6-4-8-20-18(17)7-5-14-26-20;1-4(3-6)5-2/h2-9,11,13-15H,1H3,(H2,25,28);3-5H,1-2H3. The van der Waals surface area contributed by atoms with Crippen molar-refractivity contribution in [3.8, 4) is 23.1 Å². The Morgan fingerprint density at radius 2 is 1.89 bits per heavy atom. The molecule has 174 valence electrons. The molecule has 0 aliphatic rings. The second-order valence-electron chi connectivity index (χ2n) is 7.95. The fraction of sp³-hybridized carbons (Fsp3) is 0.143. The number of imidazole rings is 1. The number of aryl methyl sites for hydroxylation is 1. The van der Waals surface area contributed by atoms with E-state index in [-0.39, 0.29) is 6.04 Å². The molecule has 5 rings (SSSR count). The molecule has 1 atom stereocenters. The highest BCUT2D eigenvalue weighted by molar-refractivity contribution is 5.85. The SMILES string of the molecule is CNC(C)C=O.Cc1nc2ccccn2c1-c1ccc(N)nc1C#Cc1cccc2ncccc12. The van der Waals surface area contributed by atoms with Crippen LogP contribution >= 0.6 is 0 Å². The highest BCUT2D eigenvalue weighted by atomic mass is 16.1. The smallest absolute Gasteiger partial charge is 0.137 e. The number of rotatable bonds is 3. The quantitative estimate of drug-likeness (QED) is 0.310. The van der Waals surface area contributed by atoms with Gasteiger partial charge in [-0.2, -0.15) is 0 Å². The molecule has 0 saturated heterocycles. The zero-order valence-corrected chi connectivity index (χ0v) is 19.9. The first-order chi connectivity index (χ1) is 17.0. The third-order valence-corrected chi connectivity index (χ3v) is 5.50. The number of nitrogen functional groups attached to an aromatic ring is 1. The van der Waals surface area contributed by atoms with Gasteiger partial charge in [0.15, 0.2) is 0 Å². The van der Waals surface area contributed by atoms with Crippen LogP contribution in [0.2, 0.25) is 0 Å². The second kappa shape index (κ2) is 10.6.